The van der Waals surface area contributed by atoms with Crippen LogP contribution >= 0.6 is 11.6 Å². The lowest BCUT2D eigenvalue weighted by molar-refractivity contribution is 0.151. The van der Waals surface area contributed by atoms with Crippen LogP contribution in [0.15, 0.2) is 23.1 Å². The molecule has 0 unspecified atom stereocenters. The summed E-state index contributed by atoms with van der Waals surface area (Å²) in [5.74, 6) is 0. The molecule has 1 N–H and O–H groups in total. The molecule has 2 rings (SSSR count). The summed E-state index contributed by atoms with van der Waals surface area (Å²) in [6.45, 7) is 4.56. The van der Waals surface area contributed by atoms with Gasteiger partial charge in [-0.25, -0.2) is 8.42 Å². The van der Waals surface area contributed by atoms with E-state index in [1.807, 2.05) is 0 Å². The molecule has 0 atom stereocenters. The molecule has 7 heteroatoms. The molecule has 0 saturated carbocycles. The van der Waals surface area contributed by atoms with Crippen molar-refractivity contribution in [2.45, 2.75) is 11.8 Å². The van der Waals surface area contributed by atoms with E-state index in [0.717, 1.165) is 0 Å². The van der Waals surface area contributed by atoms with Crippen molar-refractivity contribution in [2.75, 3.05) is 39.3 Å². The highest BCUT2D eigenvalue weighted by Gasteiger charge is 2.29. The van der Waals surface area contributed by atoms with Gasteiger partial charge in [-0.2, -0.15) is 4.31 Å². The third-order valence-electron chi connectivity index (χ3n) is 3.58. The van der Waals surface area contributed by atoms with Crippen molar-refractivity contribution in [3.63, 3.8) is 0 Å². The lowest BCUT2D eigenvalue weighted by Gasteiger charge is -2.33. The molecule has 0 aliphatic carbocycles. The summed E-state index contributed by atoms with van der Waals surface area (Å²) in [6, 6.07) is 4.94. The number of aliphatic hydroxyl groups excluding tert-OH is 1. The summed E-state index contributed by atoms with van der Waals surface area (Å²) in [5.41, 5.74) is 0.590. The van der Waals surface area contributed by atoms with E-state index in [-0.39, 0.29) is 11.5 Å². The van der Waals surface area contributed by atoms with Gasteiger partial charge in [0.05, 0.1) is 11.5 Å². The van der Waals surface area contributed by atoms with Crippen LogP contribution in [0.1, 0.15) is 5.56 Å². The van der Waals surface area contributed by atoms with Gasteiger partial charge in [-0.3, -0.25) is 4.90 Å². The Morgan fingerprint density at radius 3 is 2.50 bits per heavy atom. The zero-order valence-corrected chi connectivity index (χ0v) is 13.0. The molecular weight excluding hydrogens is 300 g/mol. The first-order chi connectivity index (χ1) is 9.46. The molecule has 0 aromatic heterocycles. The Balaban J connectivity index is 2.18. The number of nitrogens with zero attached hydrogens (tertiary/aromatic N) is 2. The van der Waals surface area contributed by atoms with E-state index >= 15 is 0 Å². The second-order valence-electron chi connectivity index (χ2n) is 4.83. The van der Waals surface area contributed by atoms with Crippen LogP contribution in [0.5, 0.6) is 0 Å². The Morgan fingerprint density at radius 1 is 1.25 bits per heavy atom. The Hall–Kier alpha value is -0.660. The summed E-state index contributed by atoms with van der Waals surface area (Å²) < 4.78 is 26.7. The monoisotopic (exact) mass is 318 g/mol. The van der Waals surface area contributed by atoms with Crippen LogP contribution < -0.4 is 0 Å². The maximum Gasteiger partial charge on any atom is 0.243 e. The van der Waals surface area contributed by atoms with Gasteiger partial charge < -0.3 is 5.11 Å². The lowest BCUT2D eigenvalue weighted by Crippen LogP contribution is -2.49. The molecule has 1 aromatic carbocycles. The van der Waals surface area contributed by atoms with Crippen LogP contribution in [-0.2, 0) is 10.0 Å². The van der Waals surface area contributed by atoms with Crippen molar-refractivity contribution >= 4 is 21.6 Å². The van der Waals surface area contributed by atoms with Gasteiger partial charge in [0.25, 0.3) is 0 Å². The lowest BCUT2D eigenvalue weighted by atomic mass is 10.2. The van der Waals surface area contributed by atoms with Gasteiger partial charge in [-0.05, 0) is 24.6 Å². The van der Waals surface area contributed by atoms with Gasteiger partial charge in [-0.1, -0.05) is 17.7 Å². The van der Waals surface area contributed by atoms with E-state index in [2.05, 4.69) is 4.90 Å². The third kappa shape index (κ3) is 3.15. The zero-order chi connectivity index (χ0) is 14.8. The molecule has 1 saturated heterocycles. The third-order valence-corrected chi connectivity index (χ3v) is 6.04. The summed E-state index contributed by atoms with van der Waals surface area (Å²) in [4.78, 5) is 2.33. The number of aliphatic hydroxyl groups is 1. The second-order valence-corrected chi connectivity index (χ2v) is 7.15. The topological polar surface area (TPSA) is 60.9 Å². The quantitative estimate of drug-likeness (QED) is 0.898. The van der Waals surface area contributed by atoms with Crippen LogP contribution in [0.4, 0.5) is 0 Å². The summed E-state index contributed by atoms with van der Waals surface area (Å²) >= 11 is 6.00. The predicted molar refractivity (Wildman–Crippen MR) is 78.5 cm³/mol. The normalized spacial score (nSPS) is 18.4. The molecule has 1 heterocycles. The highest BCUT2D eigenvalue weighted by Crippen LogP contribution is 2.26. The number of rotatable bonds is 4. The van der Waals surface area contributed by atoms with Gasteiger partial charge in [-0.15, -0.1) is 0 Å². The number of hydrogen-bond acceptors (Lipinski definition) is 4. The average molecular weight is 319 g/mol. The van der Waals surface area contributed by atoms with Gasteiger partial charge >= 0.3 is 0 Å². The number of piperazine rings is 1. The number of benzene rings is 1. The molecular formula is C13H19ClN2O3S. The zero-order valence-electron chi connectivity index (χ0n) is 11.4. The van der Waals surface area contributed by atoms with Crippen molar-refractivity contribution in [3.8, 4) is 0 Å². The average Bonchev–Trinajstić information content (AvgIpc) is 2.42. The molecule has 20 heavy (non-hydrogen) atoms. The van der Waals surface area contributed by atoms with Crippen LogP contribution in [0.2, 0.25) is 5.02 Å². The molecule has 0 amide bonds. The van der Waals surface area contributed by atoms with E-state index in [1.54, 1.807) is 25.1 Å². The minimum atomic E-state index is -3.49. The van der Waals surface area contributed by atoms with E-state index in [1.165, 1.54) is 4.31 Å². The molecule has 112 valence electrons. The summed E-state index contributed by atoms with van der Waals surface area (Å²) in [6.07, 6.45) is 0. The van der Waals surface area contributed by atoms with Crippen molar-refractivity contribution in [1.29, 1.82) is 0 Å². The maximum atomic E-state index is 12.6. The molecule has 1 aromatic rings. The molecule has 0 spiro atoms. The molecule has 5 nitrogen and oxygen atoms in total. The number of halogens is 1. The van der Waals surface area contributed by atoms with Crippen LogP contribution in [0.25, 0.3) is 0 Å². The predicted octanol–water partition coefficient (Wildman–Crippen LogP) is 0.947. The molecule has 0 radical (unpaired) electrons. The fourth-order valence-electron chi connectivity index (χ4n) is 2.34. The van der Waals surface area contributed by atoms with Crippen molar-refractivity contribution in [2.24, 2.45) is 0 Å². The van der Waals surface area contributed by atoms with E-state index < -0.39 is 10.0 Å². The van der Waals surface area contributed by atoms with Gasteiger partial charge in [0.2, 0.25) is 10.0 Å². The fourth-order valence-corrected chi connectivity index (χ4v) is 4.24. The smallest absolute Gasteiger partial charge is 0.243 e. The largest absolute Gasteiger partial charge is 0.395 e. The highest BCUT2D eigenvalue weighted by molar-refractivity contribution is 7.89. The number of hydrogen-bond donors (Lipinski definition) is 1. The number of sulfonamides is 1. The Kier molecular flexibility index (Phi) is 5.04. The van der Waals surface area contributed by atoms with Crippen LogP contribution in [0, 0.1) is 6.92 Å². The molecule has 1 aliphatic rings. The first kappa shape index (κ1) is 15.7. The van der Waals surface area contributed by atoms with Gasteiger partial charge in [0.1, 0.15) is 0 Å². The van der Waals surface area contributed by atoms with E-state index in [4.69, 9.17) is 16.7 Å². The molecule has 1 aliphatic heterocycles. The Morgan fingerprint density at radius 2 is 1.90 bits per heavy atom. The number of β-amino-alcohol motifs (C(OH)–C–C–N with tert-alkyl or cyclic N) is 1. The first-order valence-corrected chi connectivity index (χ1v) is 8.37. The van der Waals surface area contributed by atoms with E-state index in [9.17, 15) is 8.42 Å². The Labute approximate surface area is 124 Å². The Bertz CT molecular complexity index is 569. The van der Waals surface area contributed by atoms with Crippen LogP contribution in [-0.4, -0.2) is 62.1 Å². The first-order valence-electron chi connectivity index (χ1n) is 6.55. The van der Waals surface area contributed by atoms with E-state index in [0.29, 0.717) is 43.3 Å². The minimum absolute atomic E-state index is 0.0974. The summed E-state index contributed by atoms with van der Waals surface area (Å²) in [7, 11) is -3.49. The minimum Gasteiger partial charge on any atom is -0.395 e. The highest BCUT2D eigenvalue weighted by atomic mass is 35.5. The maximum absolute atomic E-state index is 12.6. The standard InChI is InChI=1S/C13H19ClN2O3S/c1-11-12(14)3-2-4-13(11)20(18,19)16-7-5-15(6-8-16)9-10-17/h2-4,17H,5-10H2,1H3. The van der Waals surface area contributed by atoms with Crippen molar-refractivity contribution < 1.29 is 13.5 Å². The van der Waals surface area contributed by atoms with Crippen molar-refractivity contribution in [3.05, 3.63) is 28.8 Å². The molecule has 1 fully saturated rings. The fraction of sp³-hybridized carbons (Fsp3) is 0.538. The SMILES string of the molecule is Cc1c(Cl)cccc1S(=O)(=O)N1CCN(CCO)CC1. The van der Waals surface area contributed by atoms with Gasteiger partial charge in [0, 0.05) is 37.7 Å². The summed E-state index contributed by atoms with van der Waals surface area (Å²) in [5, 5.41) is 9.36. The van der Waals surface area contributed by atoms with Crippen LogP contribution in [0.3, 0.4) is 0 Å². The second kappa shape index (κ2) is 6.41. The van der Waals surface area contributed by atoms with Crippen molar-refractivity contribution in [1.82, 2.24) is 9.21 Å². The van der Waals surface area contributed by atoms with Gasteiger partial charge in [0.15, 0.2) is 0 Å². The molecule has 0 bridgehead atoms.